The lowest BCUT2D eigenvalue weighted by Crippen LogP contribution is -2.12. The number of nitrogens with one attached hydrogen (secondary N) is 1. The number of fused-ring (bicyclic) bond motifs is 2. The molecular weight excluding hydrogens is 330 g/mol. The quantitative estimate of drug-likeness (QED) is 0.611. The molecule has 0 aliphatic carbocycles. The zero-order chi connectivity index (χ0) is 18.1. The van der Waals surface area contributed by atoms with Gasteiger partial charge >= 0.3 is 0 Å². The van der Waals surface area contributed by atoms with Crippen LogP contribution in [0.25, 0.3) is 22.0 Å². The van der Waals surface area contributed by atoms with E-state index in [-0.39, 0.29) is 5.91 Å². The fraction of sp³-hybridized carbons (Fsp3) is 0.158. The van der Waals surface area contributed by atoms with Crippen molar-refractivity contribution >= 4 is 33.6 Å². The molecule has 0 atom stereocenters. The molecule has 4 rings (SSSR count). The molecule has 0 radical (unpaired) electrons. The second-order valence-electron chi connectivity index (χ2n) is 6.29. The Hall–Kier alpha value is -3.32. The molecule has 1 amide bonds. The van der Waals surface area contributed by atoms with Crippen molar-refractivity contribution in [1.29, 1.82) is 0 Å². The van der Waals surface area contributed by atoms with Gasteiger partial charge < -0.3 is 14.7 Å². The van der Waals surface area contributed by atoms with E-state index in [0.717, 1.165) is 16.6 Å². The first-order chi connectivity index (χ1) is 12.6. The molecule has 1 N–H and O–H groups in total. The van der Waals surface area contributed by atoms with Gasteiger partial charge in [-0.25, -0.2) is 0 Å². The van der Waals surface area contributed by atoms with Crippen LogP contribution in [0.3, 0.4) is 0 Å². The van der Waals surface area contributed by atoms with Gasteiger partial charge in [0, 0.05) is 35.6 Å². The van der Waals surface area contributed by atoms with E-state index in [1.165, 1.54) is 0 Å². The average molecular weight is 347 g/mol. The maximum atomic E-state index is 12.6. The smallest absolute Gasteiger partial charge is 0.255 e. The molecule has 2 aromatic heterocycles. The molecule has 26 heavy (non-hydrogen) atoms. The van der Waals surface area contributed by atoms with Crippen molar-refractivity contribution in [3.8, 4) is 0 Å². The lowest BCUT2D eigenvalue weighted by atomic mass is 10.1. The standard InChI is InChI=1S/C19H17N5O2/c1-24(2)11-17-14-10-13(4-6-18(14)26-23-17)22-19(25)12-3-5-15-16(9-12)21-8-7-20-15/h3-10H,11H2,1-2H3,(H,22,25). The third-order valence-corrected chi connectivity index (χ3v) is 4.00. The number of amides is 1. The minimum atomic E-state index is -0.206. The number of benzene rings is 2. The van der Waals surface area contributed by atoms with Crippen LogP contribution >= 0.6 is 0 Å². The van der Waals surface area contributed by atoms with Crippen LogP contribution in [-0.4, -0.2) is 40.0 Å². The summed E-state index contributed by atoms with van der Waals surface area (Å²) in [5.74, 6) is -0.206. The maximum Gasteiger partial charge on any atom is 0.255 e. The molecule has 130 valence electrons. The zero-order valence-corrected chi connectivity index (χ0v) is 14.4. The van der Waals surface area contributed by atoms with Crippen LogP contribution in [0.15, 0.2) is 53.3 Å². The highest BCUT2D eigenvalue weighted by Gasteiger charge is 2.12. The normalized spacial score (nSPS) is 11.3. The van der Waals surface area contributed by atoms with Gasteiger partial charge in [0.2, 0.25) is 0 Å². The summed E-state index contributed by atoms with van der Waals surface area (Å²) < 4.78 is 5.34. The van der Waals surface area contributed by atoms with Gasteiger partial charge in [0.15, 0.2) is 5.58 Å². The minimum Gasteiger partial charge on any atom is -0.356 e. The van der Waals surface area contributed by atoms with Crippen LogP contribution in [0.2, 0.25) is 0 Å². The number of carbonyl (C=O) groups is 1. The van der Waals surface area contributed by atoms with Crippen molar-refractivity contribution in [1.82, 2.24) is 20.0 Å². The molecule has 0 saturated carbocycles. The van der Waals surface area contributed by atoms with E-state index in [1.54, 1.807) is 36.7 Å². The Morgan fingerprint density at radius 1 is 1.08 bits per heavy atom. The van der Waals surface area contributed by atoms with Crippen LogP contribution in [0, 0.1) is 0 Å². The zero-order valence-electron chi connectivity index (χ0n) is 14.4. The summed E-state index contributed by atoms with van der Waals surface area (Å²) in [5, 5.41) is 7.91. The van der Waals surface area contributed by atoms with E-state index in [2.05, 4.69) is 20.4 Å². The van der Waals surface area contributed by atoms with E-state index in [1.807, 2.05) is 31.1 Å². The largest absolute Gasteiger partial charge is 0.356 e. The topological polar surface area (TPSA) is 84.2 Å². The van der Waals surface area contributed by atoms with E-state index in [4.69, 9.17) is 4.52 Å². The fourth-order valence-electron chi connectivity index (χ4n) is 2.79. The van der Waals surface area contributed by atoms with Gasteiger partial charge in [-0.3, -0.25) is 14.8 Å². The molecule has 2 heterocycles. The summed E-state index contributed by atoms with van der Waals surface area (Å²) in [6, 6.07) is 10.7. The summed E-state index contributed by atoms with van der Waals surface area (Å²) in [7, 11) is 3.93. The van der Waals surface area contributed by atoms with Gasteiger partial charge in [0.25, 0.3) is 5.91 Å². The number of carbonyl (C=O) groups excluding carboxylic acids is 1. The molecule has 7 nitrogen and oxygen atoms in total. The summed E-state index contributed by atoms with van der Waals surface area (Å²) >= 11 is 0. The number of rotatable bonds is 4. The van der Waals surface area contributed by atoms with E-state index in [0.29, 0.717) is 28.9 Å². The molecular formula is C19H17N5O2. The number of anilines is 1. The Balaban J connectivity index is 1.61. The predicted octanol–water partition coefficient (Wildman–Crippen LogP) is 3.08. The number of hydrogen-bond donors (Lipinski definition) is 1. The van der Waals surface area contributed by atoms with Gasteiger partial charge in [0.1, 0.15) is 5.69 Å². The highest BCUT2D eigenvalue weighted by molar-refractivity contribution is 6.06. The van der Waals surface area contributed by atoms with Crippen LogP contribution in [0.1, 0.15) is 16.1 Å². The van der Waals surface area contributed by atoms with Crippen molar-refractivity contribution in [3.63, 3.8) is 0 Å². The molecule has 2 aromatic carbocycles. The molecule has 0 fully saturated rings. The highest BCUT2D eigenvalue weighted by atomic mass is 16.5. The Kier molecular flexibility index (Phi) is 4.06. The predicted molar refractivity (Wildman–Crippen MR) is 98.9 cm³/mol. The van der Waals surface area contributed by atoms with Gasteiger partial charge in [-0.05, 0) is 50.5 Å². The van der Waals surface area contributed by atoms with Gasteiger partial charge in [-0.2, -0.15) is 0 Å². The van der Waals surface area contributed by atoms with Crippen molar-refractivity contribution in [2.75, 3.05) is 19.4 Å². The number of nitrogens with zero attached hydrogens (tertiary/aromatic N) is 4. The molecule has 0 aliphatic heterocycles. The minimum absolute atomic E-state index is 0.206. The van der Waals surface area contributed by atoms with Gasteiger partial charge in [-0.1, -0.05) is 5.16 Å². The summed E-state index contributed by atoms with van der Waals surface area (Å²) in [6.07, 6.45) is 3.23. The highest BCUT2D eigenvalue weighted by Crippen LogP contribution is 2.24. The first-order valence-corrected chi connectivity index (χ1v) is 8.15. The van der Waals surface area contributed by atoms with Crippen molar-refractivity contribution in [2.24, 2.45) is 0 Å². The summed E-state index contributed by atoms with van der Waals surface area (Å²) in [6.45, 7) is 0.660. The van der Waals surface area contributed by atoms with Crippen molar-refractivity contribution in [2.45, 2.75) is 6.54 Å². The third-order valence-electron chi connectivity index (χ3n) is 4.00. The van der Waals surface area contributed by atoms with Crippen LogP contribution in [-0.2, 0) is 6.54 Å². The van der Waals surface area contributed by atoms with E-state index in [9.17, 15) is 4.79 Å². The first kappa shape index (κ1) is 16.2. The Morgan fingerprint density at radius 2 is 1.88 bits per heavy atom. The van der Waals surface area contributed by atoms with Gasteiger partial charge in [-0.15, -0.1) is 0 Å². The molecule has 0 saturated heterocycles. The lowest BCUT2D eigenvalue weighted by Gasteiger charge is -2.08. The van der Waals surface area contributed by atoms with Gasteiger partial charge in [0.05, 0.1) is 11.0 Å². The Bertz CT molecular complexity index is 1100. The summed E-state index contributed by atoms with van der Waals surface area (Å²) in [5.41, 5.74) is 4.18. The lowest BCUT2D eigenvalue weighted by molar-refractivity contribution is 0.102. The first-order valence-electron chi connectivity index (χ1n) is 8.15. The van der Waals surface area contributed by atoms with Crippen LogP contribution in [0.4, 0.5) is 5.69 Å². The fourth-order valence-corrected chi connectivity index (χ4v) is 2.79. The average Bonchev–Trinajstić information content (AvgIpc) is 3.03. The second kappa shape index (κ2) is 6.53. The number of hydrogen-bond acceptors (Lipinski definition) is 6. The monoisotopic (exact) mass is 347 g/mol. The third kappa shape index (κ3) is 3.12. The number of aromatic nitrogens is 3. The Morgan fingerprint density at radius 3 is 2.69 bits per heavy atom. The molecule has 7 heteroatoms. The van der Waals surface area contributed by atoms with E-state index < -0.39 is 0 Å². The molecule has 0 spiro atoms. The molecule has 4 aromatic rings. The SMILES string of the molecule is CN(C)Cc1noc2ccc(NC(=O)c3ccc4nccnc4c3)cc12. The van der Waals surface area contributed by atoms with E-state index >= 15 is 0 Å². The Labute approximate surface area is 149 Å². The molecule has 0 unspecified atom stereocenters. The van der Waals surface area contributed by atoms with Crippen LogP contribution < -0.4 is 5.32 Å². The second-order valence-corrected chi connectivity index (χ2v) is 6.29. The van der Waals surface area contributed by atoms with Crippen LogP contribution in [0.5, 0.6) is 0 Å². The summed E-state index contributed by atoms with van der Waals surface area (Å²) in [4.78, 5) is 23.0. The molecule has 0 bridgehead atoms. The van der Waals surface area contributed by atoms with Crippen molar-refractivity contribution < 1.29 is 9.32 Å². The molecule has 0 aliphatic rings. The van der Waals surface area contributed by atoms with Crippen molar-refractivity contribution in [3.05, 3.63) is 60.0 Å². The maximum absolute atomic E-state index is 12.6.